The van der Waals surface area contributed by atoms with E-state index in [1.165, 1.54) is 12.1 Å². The fourth-order valence-corrected chi connectivity index (χ4v) is 1.24. The molecule has 1 heterocycles. The van der Waals surface area contributed by atoms with E-state index in [4.69, 9.17) is 15.1 Å². The van der Waals surface area contributed by atoms with Crippen LogP contribution in [-0.2, 0) is 6.42 Å². The van der Waals surface area contributed by atoms with Crippen molar-refractivity contribution in [3.05, 3.63) is 35.6 Å². The van der Waals surface area contributed by atoms with Crippen molar-refractivity contribution in [2.75, 3.05) is 26.1 Å². The summed E-state index contributed by atoms with van der Waals surface area (Å²) in [5, 5.41) is 9.49. The molecule has 0 radical (unpaired) electrons. The van der Waals surface area contributed by atoms with Crippen molar-refractivity contribution in [3.8, 4) is 0 Å². The minimum atomic E-state index is -3.52. The Morgan fingerprint density at radius 2 is 2.06 bits per heavy atom. The first-order valence-corrected chi connectivity index (χ1v) is 5.06. The predicted molar refractivity (Wildman–Crippen MR) is 66.4 cm³/mol. The maximum absolute atomic E-state index is 13.1. The van der Waals surface area contributed by atoms with Gasteiger partial charge in [-0.2, -0.15) is 0 Å². The molecule has 1 aliphatic heterocycles. The van der Waals surface area contributed by atoms with Crippen molar-refractivity contribution >= 4 is 0 Å². The Balaban J connectivity index is 2.65. The molecule has 1 aliphatic rings. The topological polar surface area (TPSA) is 23.5 Å². The minimum Gasteiger partial charge on any atom is -0.396 e. The molecule has 0 unspecified atom stereocenters. The van der Waals surface area contributed by atoms with Crippen LogP contribution in [0.25, 0.3) is 0 Å². The van der Waals surface area contributed by atoms with Gasteiger partial charge in [-0.05, 0) is 55.8 Å². The lowest BCUT2D eigenvalue weighted by Crippen LogP contribution is -2.36. The van der Waals surface area contributed by atoms with E-state index in [1.54, 1.807) is 0 Å². The summed E-state index contributed by atoms with van der Waals surface area (Å²) in [6, 6.07) is 4.41. The summed E-state index contributed by atoms with van der Waals surface area (Å²) in [5.41, 5.74) is 0.143. The number of rotatable bonds is 4. The molecular formula is C14H20FNO. The van der Waals surface area contributed by atoms with Gasteiger partial charge >= 0.3 is 0 Å². The average Bonchev–Trinajstić information content (AvgIpc) is 2.53. The largest absolute Gasteiger partial charge is 0.396 e. The molecule has 1 aromatic carbocycles. The molecular weight excluding hydrogens is 217 g/mol. The molecule has 1 saturated heterocycles. The number of hydrogen-bond acceptors (Lipinski definition) is 2. The maximum Gasteiger partial charge on any atom is 0.123 e. The minimum absolute atomic E-state index is 0.143. The number of hydrogen-bond donors (Lipinski definition) is 1. The van der Waals surface area contributed by atoms with Crippen LogP contribution in [0, 0.1) is 11.7 Å². The molecule has 2 rings (SSSR count). The number of halogens is 1. The van der Waals surface area contributed by atoms with Crippen molar-refractivity contribution in [3.63, 3.8) is 0 Å². The second-order valence-corrected chi connectivity index (χ2v) is 3.41. The molecule has 0 saturated carbocycles. The third-order valence-corrected chi connectivity index (χ3v) is 2.15. The summed E-state index contributed by atoms with van der Waals surface area (Å²) >= 11 is 0. The molecule has 0 spiro atoms. The van der Waals surface area contributed by atoms with Crippen molar-refractivity contribution in [1.82, 2.24) is 4.90 Å². The van der Waals surface area contributed by atoms with Gasteiger partial charge < -0.3 is 10.0 Å². The number of aliphatic hydroxyl groups is 1. The van der Waals surface area contributed by atoms with E-state index in [-0.39, 0.29) is 10.5 Å². The second-order valence-electron chi connectivity index (χ2n) is 3.41. The van der Waals surface area contributed by atoms with Gasteiger partial charge in [0.2, 0.25) is 0 Å². The normalized spacial score (nSPS) is 42.6. The number of aliphatic hydroxyl groups excluding tert-OH is 1. The van der Waals surface area contributed by atoms with Gasteiger partial charge in [-0.25, -0.2) is 4.39 Å². The maximum atomic E-state index is 13.1. The van der Waals surface area contributed by atoms with Crippen LogP contribution in [0.3, 0.4) is 0 Å². The predicted octanol–water partition coefficient (Wildman–Crippen LogP) is 2.07. The van der Waals surface area contributed by atoms with Gasteiger partial charge in [0.1, 0.15) is 5.82 Å². The summed E-state index contributed by atoms with van der Waals surface area (Å²) in [6.07, 6.45) is -7.71. The summed E-state index contributed by atoms with van der Waals surface area (Å²) in [7, 11) is 0. The molecule has 1 N–H and O–H groups in total. The zero-order chi connectivity index (χ0) is 22.0. The van der Waals surface area contributed by atoms with Crippen molar-refractivity contribution in [1.29, 1.82) is 0 Å². The lowest BCUT2D eigenvalue weighted by Gasteiger charge is -2.30. The zero-order valence-electron chi connectivity index (χ0n) is 20.0. The molecule has 1 aromatic rings. The monoisotopic (exact) mass is 248 g/mol. The molecule has 0 aromatic heterocycles. The van der Waals surface area contributed by atoms with E-state index < -0.39 is 57.0 Å². The van der Waals surface area contributed by atoms with Gasteiger partial charge in [0.25, 0.3) is 0 Å². The highest BCUT2D eigenvalue weighted by molar-refractivity contribution is 5.16. The molecule has 17 heavy (non-hydrogen) atoms. The van der Waals surface area contributed by atoms with Crippen LogP contribution < -0.4 is 0 Å². The first kappa shape index (κ1) is 4.63. The third kappa shape index (κ3) is 3.79. The Kier molecular flexibility index (Phi) is 1.67. The van der Waals surface area contributed by atoms with E-state index in [0.717, 1.165) is 12.1 Å². The summed E-state index contributed by atoms with van der Waals surface area (Å²) in [4.78, 5) is -0.196. The molecule has 3 heteroatoms. The fourth-order valence-electron chi connectivity index (χ4n) is 1.24. The van der Waals surface area contributed by atoms with Crippen LogP contribution in [0.5, 0.6) is 0 Å². The van der Waals surface area contributed by atoms with Gasteiger partial charge in [0, 0.05) is 28.2 Å². The van der Waals surface area contributed by atoms with E-state index in [1.807, 2.05) is 0 Å². The third-order valence-electron chi connectivity index (χ3n) is 2.15. The average molecular weight is 248 g/mol. The molecule has 1 fully saturated rings. The first-order chi connectivity index (χ1) is 12.4. The van der Waals surface area contributed by atoms with Crippen LogP contribution in [0.4, 0.5) is 4.39 Å². The van der Waals surface area contributed by atoms with Crippen molar-refractivity contribution in [2.24, 2.45) is 5.89 Å². The highest BCUT2D eigenvalue weighted by atomic mass is 19.1. The van der Waals surface area contributed by atoms with E-state index >= 15 is 0 Å². The van der Waals surface area contributed by atoms with Crippen LogP contribution in [-0.4, -0.2) is 36.1 Å². The van der Waals surface area contributed by atoms with E-state index in [0.29, 0.717) is 0 Å². The molecule has 2 nitrogen and oxygen atoms in total. The van der Waals surface area contributed by atoms with Gasteiger partial charge in [-0.3, -0.25) is 0 Å². The molecule has 0 amide bonds. The molecule has 94 valence electrons. The van der Waals surface area contributed by atoms with Crippen LogP contribution >= 0.6 is 0 Å². The Labute approximate surface area is 118 Å². The van der Waals surface area contributed by atoms with E-state index in [9.17, 15) is 9.50 Å². The fraction of sp³-hybridized carbons (Fsp3) is 0.571. The summed E-state index contributed by atoms with van der Waals surface area (Å²) in [5.74, 6) is -3.86. The zero-order valence-corrected chi connectivity index (χ0v) is 9.00. The highest BCUT2D eigenvalue weighted by Crippen LogP contribution is 2.16. The Morgan fingerprint density at radius 1 is 1.41 bits per heavy atom. The van der Waals surface area contributed by atoms with Crippen LogP contribution in [0.2, 0.25) is 0 Å². The molecule has 0 atom stereocenters. The lowest BCUT2D eigenvalue weighted by atomic mass is 9.97. The number of piperidine rings is 1. The second kappa shape index (κ2) is 6.12. The van der Waals surface area contributed by atoms with E-state index in [2.05, 4.69) is 0 Å². The molecule has 0 bridgehead atoms. The Morgan fingerprint density at radius 3 is 2.65 bits per heavy atom. The standard InChI is InChI=1S/C14H20FNO/c15-14-3-1-12(2-4-14)5-8-16-9-6-13(11-17)7-10-16/h1-4,13,17H,5-11H2/i6D2,7D2,8D2,9D2,10D2,13D. The summed E-state index contributed by atoms with van der Waals surface area (Å²) in [6.45, 7) is -11.5. The van der Waals surface area contributed by atoms with Gasteiger partial charge in [-0.15, -0.1) is 0 Å². The summed E-state index contributed by atoms with van der Waals surface area (Å²) < 4.78 is 102. The van der Waals surface area contributed by atoms with Gasteiger partial charge in [0.15, 0.2) is 0 Å². The number of nitrogens with zero attached hydrogens (tertiary/aromatic N) is 1. The Bertz CT molecular complexity index is 709. The van der Waals surface area contributed by atoms with Crippen LogP contribution in [0.1, 0.15) is 33.4 Å². The van der Waals surface area contributed by atoms with Gasteiger partial charge in [-0.1, -0.05) is 12.1 Å². The van der Waals surface area contributed by atoms with Gasteiger partial charge in [0.05, 0.1) is 0 Å². The number of likely N-dealkylation sites (tertiary alicyclic amines) is 1. The first-order valence-electron chi connectivity index (χ1n) is 10.6. The SMILES string of the molecule is [2H]C([2H])(Cc1ccc(F)cc1)N1C([2H])([2H])C([2H])([2H])C([2H])(CO)C([2H])([2H])C1([2H])[2H]. The lowest BCUT2D eigenvalue weighted by molar-refractivity contribution is 0.132. The smallest absolute Gasteiger partial charge is 0.123 e. The quantitative estimate of drug-likeness (QED) is 0.882. The Hall–Kier alpha value is -0.930. The van der Waals surface area contributed by atoms with Crippen molar-refractivity contribution < 1.29 is 24.6 Å². The highest BCUT2D eigenvalue weighted by Gasteiger charge is 2.17. The van der Waals surface area contributed by atoms with Crippen molar-refractivity contribution in [2.45, 2.75) is 19.2 Å². The van der Waals surface area contributed by atoms with Crippen LogP contribution in [0.15, 0.2) is 24.3 Å². The number of benzene rings is 1. The number of aryl methyl sites for hydroxylation is 1. The molecule has 0 aliphatic carbocycles.